The number of aromatic nitrogens is 4. The molecule has 1 N–H and O–H groups in total. The molecule has 0 spiro atoms. The monoisotopic (exact) mass is 442 g/mol. The summed E-state index contributed by atoms with van der Waals surface area (Å²) in [5.41, 5.74) is 1.07. The molecule has 1 saturated heterocycles. The highest BCUT2D eigenvalue weighted by Crippen LogP contribution is 2.42. The molecule has 2 aromatic rings. The first-order valence-electron chi connectivity index (χ1n) is 10.2. The van der Waals surface area contributed by atoms with Gasteiger partial charge < -0.3 is 10.2 Å². The molecule has 1 amide bonds. The van der Waals surface area contributed by atoms with E-state index in [1.54, 1.807) is 17.9 Å². The molecule has 4 heterocycles. The quantitative estimate of drug-likeness (QED) is 0.765. The lowest BCUT2D eigenvalue weighted by Gasteiger charge is -2.35. The zero-order valence-electron chi connectivity index (χ0n) is 17.1. The molecule has 0 bridgehead atoms. The number of hydrogen-bond donors (Lipinski definition) is 1. The fraction of sp³-hybridized carbons (Fsp3) is 0.684. The number of alkyl halides is 3. The fourth-order valence-corrected chi connectivity index (χ4v) is 4.88. The minimum absolute atomic E-state index is 0.0523. The van der Waals surface area contributed by atoms with Gasteiger partial charge in [-0.05, 0) is 50.1 Å². The van der Waals surface area contributed by atoms with Gasteiger partial charge in [0, 0.05) is 18.7 Å². The van der Waals surface area contributed by atoms with E-state index in [2.05, 4.69) is 20.0 Å². The van der Waals surface area contributed by atoms with Crippen LogP contribution in [0.5, 0.6) is 0 Å². The van der Waals surface area contributed by atoms with Gasteiger partial charge in [-0.2, -0.15) is 18.3 Å². The van der Waals surface area contributed by atoms with Gasteiger partial charge >= 0.3 is 6.18 Å². The van der Waals surface area contributed by atoms with E-state index >= 15 is 0 Å². The molecule has 4 rings (SSSR count). The zero-order valence-corrected chi connectivity index (χ0v) is 17.9. The van der Waals surface area contributed by atoms with E-state index in [0.717, 1.165) is 29.1 Å². The molecule has 0 aromatic carbocycles. The van der Waals surface area contributed by atoms with Crippen molar-refractivity contribution in [1.29, 1.82) is 0 Å². The first-order valence-corrected chi connectivity index (χ1v) is 11.0. The topological polar surface area (TPSA) is 75.9 Å². The molecule has 1 unspecified atom stereocenters. The van der Waals surface area contributed by atoms with E-state index in [0.29, 0.717) is 35.0 Å². The number of aryl methyl sites for hydroxylation is 1. The number of anilines is 1. The van der Waals surface area contributed by atoms with Crippen LogP contribution >= 0.6 is 11.5 Å². The average Bonchev–Trinajstić information content (AvgIpc) is 3.31. The molecular weight excluding hydrogens is 417 g/mol. The van der Waals surface area contributed by atoms with Crippen molar-refractivity contribution < 1.29 is 18.0 Å². The van der Waals surface area contributed by atoms with Crippen molar-refractivity contribution in [2.24, 2.45) is 5.92 Å². The number of piperidine rings is 1. The average molecular weight is 443 g/mol. The minimum Gasteiger partial charge on any atom is -0.367 e. The number of nitrogens with zero attached hydrogens (tertiary/aromatic N) is 5. The summed E-state index contributed by atoms with van der Waals surface area (Å²) in [6, 6.07) is -0.639. The predicted octanol–water partition coefficient (Wildman–Crippen LogP) is 4.35. The van der Waals surface area contributed by atoms with Crippen molar-refractivity contribution in [3.8, 4) is 0 Å². The Kier molecular flexibility index (Phi) is 5.50. The number of likely N-dealkylation sites (tertiary alicyclic amines) is 1. The van der Waals surface area contributed by atoms with E-state index in [-0.39, 0.29) is 30.3 Å². The molecule has 0 aliphatic carbocycles. The molecule has 0 saturated carbocycles. The van der Waals surface area contributed by atoms with E-state index in [4.69, 9.17) is 0 Å². The van der Waals surface area contributed by atoms with Crippen LogP contribution in [0, 0.1) is 12.8 Å². The van der Waals surface area contributed by atoms with E-state index < -0.39 is 12.2 Å². The van der Waals surface area contributed by atoms with Gasteiger partial charge in [0.15, 0.2) is 6.04 Å². The van der Waals surface area contributed by atoms with Gasteiger partial charge in [0.1, 0.15) is 10.7 Å². The van der Waals surface area contributed by atoms with Crippen LogP contribution in [0.25, 0.3) is 0 Å². The van der Waals surface area contributed by atoms with Crippen molar-refractivity contribution in [3.05, 3.63) is 22.3 Å². The van der Waals surface area contributed by atoms with Crippen LogP contribution in [0.2, 0.25) is 0 Å². The highest BCUT2D eigenvalue weighted by molar-refractivity contribution is 7.07. The largest absolute Gasteiger partial charge is 0.410 e. The van der Waals surface area contributed by atoms with Crippen molar-refractivity contribution >= 4 is 23.3 Å². The fourth-order valence-electron chi connectivity index (χ4n) is 4.26. The Morgan fingerprint density at radius 1 is 1.33 bits per heavy atom. The first kappa shape index (κ1) is 21.1. The number of amides is 1. The van der Waals surface area contributed by atoms with E-state index in [9.17, 15) is 18.0 Å². The Bertz CT molecular complexity index is 924. The summed E-state index contributed by atoms with van der Waals surface area (Å²) in [5.74, 6) is 0.237. The zero-order chi connectivity index (χ0) is 21.6. The molecule has 7 nitrogen and oxygen atoms in total. The summed E-state index contributed by atoms with van der Waals surface area (Å²) in [6.45, 7) is 6.08. The molecule has 2 aliphatic rings. The number of carbonyl (C=O) groups is 1. The Labute approximate surface area is 176 Å². The maximum Gasteiger partial charge on any atom is 0.410 e. The van der Waals surface area contributed by atoms with Crippen LogP contribution in [-0.4, -0.2) is 48.9 Å². The summed E-state index contributed by atoms with van der Waals surface area (Å²) < 4.78 is 46.2. The first-order chi connectivity index (χ1) is 14.2. The lowest BCUT2D eigenvalue weighted by molar-refractivity contribution is -0.174. The molecule has 1 fully saturated rings. The number of carbonyl (C=O) groups excluding carboxylic acids is 1. The molecule has 2 aromatic heterocycles. The highest BCUT2D eigenvalue weighted by Gasteiger charge is 2.47. The normalized spacial score (nSPS) is 24.6. The van der Waals surface area contributed by atoms with Gasteiger partial charge in [0.2, 0.25) is 0 Å². The van der Waals surface area contributed by atoms with Gasteiger partial charge in [0.25, 0.3) is 5.91 Å². The van der Waals surface area contributed by atoms with Gasteiger partial charge in [0.05, 0.1) is 17.4 Å². The number of fused-ring (bicyclic) bond motifs is 1. The van der Waals surface area contributed by atoms with Crippen LogP contribution in [0.3, 0.4) is 0 Å². The van der Waals surface area contributed by atoms with Crippen molar-refractivity contribution in [1.82, 2.24) is 24.3 Å². The third-order valence-corrected chi connectivity index (χ3v) is 6.81. The van der Waals surface area contributed by atoms with Crippen LogP contribution < -0.4 is 5.32 Å². The maximum atomic E-state index is 13.8. The second-order valence-corrected chi connectivity index (χ2v) is 9.14. The number of nitrogens with one attached hydrogen (secondary N) is 1. The predicted molar refractivity (Wildman–Crippen MR) is 106 cm³/mol. The summed E-state index contributed by atoms with van der Waals surface area (Å²) in [5, 5.41) is 11.5. The summed E-state index contributed by atoms with van der Waals surface area (Å²) in [4.78, 5) is 15.3. The van der Waals surface area contributed by atoms with Gasteiger partial charge in [-0.15, -0.1) is 5.10 Å². The van der Waals surface area contributed by atoms with Crippen LogP contribution in [0.4, 0.5) is 19.0 Å². The lowest BCUT2D eigenvalue weighted by atomic mass is 9.94. The standard InChI is InChI=1S/C19H25F3N6OS/c1-10(2)12-8-15(19(20,21)22)28-16(23-12)9-13(25-28)14-6-4-5-7-27(14)18(29)17-11(3)24-26-30-17/h9-10,12,14-15,23H,4-8H2,1-3H3/t12-,14?,15+/m0/s1. The molecular formula is C19H25F3N6OS. The molecule has 164 valence electrons. The van der Waals surface area contributed by atoms with E-state index in [1.807, 2.05) is 13.8 Å². The Morgan fingerprint density at radius 3 is 2.73 bits per heavy atom. The van der Waals surface area contributed by atoms with Crippen LogP contribution in [0.15, 0.2) is 6.07 Å². The molecule has 11 heteroatoms. The molecule has 0 radical (unpaired) electrons. The Morgan fingerprint density at radius 2 is 2.10 bits per heavy atom. The Balaban J connectivity index is 1.68. The lowest BCUT2D eigenvalue weighted by Crippen LogP contribution is -2.41. The van der Waals surface area contributed by atoms with Gasteiger partial charge in [-0.25, -0.2) is 4.68 Å². The van der Waals surface area contributed by atoms with Crippen molar-refractivity contribution in [2.45, 2.75) is 70.8 Å². The number of halogens is 3. The molecule has 30 heavy (non-hydrogen) atoms. The van der Waals surface area contributed by atoms with Gasteiger partial charge in [-0.3, -0.25) is 4.79 Å². The minimum atomic E-state index is -4.39. The number of hydrogen-bond acceptors (Lipinski definition) is 6. The SMILES string of the molecule is Cc1nnsc1C(=O)N1CCCCC1c1cc2n(n1)[C@@H](C(F)(F)F)C[C@@H](C(C)C)N2. The Hall–Kier alpha value is -2.17. The second kappa shape index (κ2) is 7.82. The summed E-state index contributed by atoms with van der Waals surface area (Å²) >= 11 is 1.04. The summed E-state index contributed by atoms with van der Waals surface area (Å²) in [7, 11) is 0. The smallest absolute Gasteiger partial charge is 0.367 e. The van der Waals surface area contributed by atoms with Crippen molar-refractivity contribution in [3.63, 3.8) is 0 Å². The second-order valence-electron chi connectivity index (χ2n) is 8.38. The van der Waals surface area contributed by atoms with Crippen LogP contribution in [0.1, 0.15) is 72.7 Å². The third-order valence-electron chi connectivity index (χ3n) is 5.99. The maximum absolute atomic E-state index is 13.8. The highest BCUT2D eigenvalue weighted by atomic mass is 32.1. The molecule has 2 aliphatic heterocycles. The van der Waals surface area contributed by atoms with Crippen LogP contribution in [-0.2, 0) is 0 Å². The van der Waals surface area contributed by atoms with Gasteiger partial charge in [-0.1, -0.05) is 18.3 Å². The third kappa shape index (κ3) is 3.79. The van der Waals surface area contributed by atoms with E-state index in [1.165, 1.54) is 0 Å². The summed E-state index contributed by atoms with van der Waals surface area (Å²) in [6.07, 6.45) is -2.05. The number of rotatable bonds is 3. The van der Waals surface area contributed by atoms with Crippen molar-refractivity contribution in [2.75, 3.05) is 11.9 Å². The molecule has 3 atom stereocenters.